The van der Waals surface area contributed by atoms with Crippen molar-refractivity contribution >= 4 is 11.9 Å². The summed E-state index contributed by atoms with van der Waals surface area (Å²) in [6.45, 7) is 4.57. The van der Waals surface area contributed by atoms with Gasteiger partial charge in [0.15, 0.2) is 0 Å². The molecule has 0 fully saturated rings. The number of ether oxygens (including phenoxy) is 1. The lowest BCUT2D eigenvalue weighted by molar-refractivity contribution is -0.153. The van der Waals surface area contributed by atoms with E-state index < -0.39 is 11.9 Å². The van der Waals surface area contributed by atoms with Crippen molar-refractivity contribution in [3.63, 3.8) is 0 Å². The van der Waals surface area contributed by atoms with Crippen molar-refractivity contribution in [2.75, 3.05) is 6.61 Å². The third-order valence-corrected chi connectivity index (χ3v) is 7.75. The molecule has 0 aliphatic carbocycles. The third kappa shape index (κ3) is 29.5. The molecule has 0 aliphatic rings. The lowest BCUT2D eigenvalue weighted by atomic mass is 9.97. The number of aliphatic carboxylic acids is 1. The first-order valence-corrected chi connectivity index (χ1v) is 17.1. The molecule has 4 nitrogen and oxygen atoms in total. The van der Waals surface area contributed by atoms with E-state index in [9.17, 15) is 9.59 Å². The van der Waals surface area contributed by atoms with Crippen molar-refractivity contribution in [3.05, 3.63) is 12.2 Å². The summed E-state index contributed by atoms with van der Waals surface area (Å²) >= 11 is 0. The molecule has 0 amide bonds. The van der Waals surface area contributed by atoms with Crippen LogP contribution in [0.3, 0.4) is 0 Å². The van der Waals surface area contributed by atoms with E-state index in [0.29, 0.717) is 13.0 Å². The molecular formula is C35H66O4. The highest BCUT2D eigenvalue weighted by molar-refractivity contribution is 5.79. The molecule has 0 rings (SSSR count). The number of hydrogen-bond donors (Lipinski definition) is 1. The first kappa shape index (κ1) is 37.7. The average Bonchev–Trinajstić information content (AvgIpc) is 2.92. The zero-order chi connectivity index (χ0) is 28.7. The summed E-state index contributed by atoms with van der Waals surface area (Å²) < 4.78 is 5.16. The van der Waals surface area contributed by atoms with E-state index in [4.69, 9.17) is 9.84 Å². The van der Waals surface area contributed by atoms with Crippen LogP contribution in [0.15, 0.2) is 12.2 Å². The van der Waals surface area contributed by atoms with Gasteiger partial charge in [0.25, 0.3) is 0 Å². The van der Waals surface area contributed by atoms with Gasteiger partial charge in [-0.1, -0.05) is 161 Å². The molecule has 0 aromatic rings. The lowest BCUT2D eigenvalue weighted by Gasteiger charge is -2.13. The molecule has 0 heterocycles. The largest absolute Gasteiger partial charge is 0.481 e. The second-order valence-electron chi connectivity index (χ2n) is 11.7. The Morgan fingerprint density at radius 3 is 1.33 bits per heavy atom. The van der Waals surface area contributed by atoms with E-state index >= 15 is 0 Å². The van der Waals surface area contributed by atoms with Crippen molar-refractivity contribution in [2.24, 2.45) is 5.92 Å². The molecule has 1 N–H and O–H groups in total. The molecular weight excluding hydrogens is 484 g/mol. The Kier molecular flexibility index (Phi) is 30.2. The Hall–Kier alpha value is -1.32. The van der Waals surface area contributed by atoms with Crippen molar-refractivity contribution < 1.29 is 19.4 Å². The number of carboxylic acid groups (broad SMARTS) is 1. The summed E-state index contributed by atoms with van der Waals surface area (Å²) in [4.78, 5) is 23.1. The highest BCUT2D eigenvalue weighted by Crippen LogP contribution is 2.19. The number of carboxylic acids is 1. The van der Waals surface area contributed by atoms with E-state index in [0.717, 1.165) is 19.3 Å². The molecule has 0 spiro atoms. The third-order valence-electron chi connectivity index (χ3n) is 7.75. The molecule has 230 valence electrons. The number of rotatable bonds is 31. The second kappa shape index (κ2) is 31.2. The molecule has 1 atom stereocenters. The van der Waals surface area contributed by atoms with Crippen LogP contribution >= 0.6 is 0 Å². The maximum atomic E-state index is 12.0. The Morgan fingerprint density at radius 2 is 0.949 bits per heavy atom. The molecule has 0 aliphatic heterocycles. The topological polar surface area (TPSA) is 63.6 Å². The zero-order valence-corrected chi connectivity index (χ0v) is 26.2. The van der Waals surface area contributed by atoms with Gasteiger partial charge in [0.1, 0.15) is 0 Å². The van der Waals surface area contributed by atoms with E-state index in [1.807, 2.05) is 6.92 Å². The van der Waals surface area contributed by atoms with Gasteiger partial charge in [0, 0.05) is 0 Å². The number of hydrogen-bond acceptors (Lipinski definition) is 3. The Morgan fingerprint density at radius 1 is 0.564 bits per heavy atom. The van der Waals surface area contributed by atoms with Gasteiger partial charge in [0.05, 0.1) is 18.9 Å². The van der Waals surface area contributed by atoms with Crippen molar-refractivity contribution in [1.82, 2.24) is 0 Å². The number of allylic oxidation sites excluding steroid dienone is 2. The Labute approximate surface area is 243 Å². The smallest absolute Gasteiger partial charge is 0.309 e. The van der Waals surface area contributed by atoms with Crippen LogP contribution in [0.2, 0.25) is 0 Å². The number of unbranched alkanes of at least 4 members (excludes halogenated alkanes) is 22. The van der Waals surface area contributed by atoms with E-state index in [1.54, 1.807) is 0 Å². The highest BCUT2D eigenvalue weighted by Gasteiger charge is 2.22. The Bertz CT molecular complexity index is 557. The van der Waals surface area contributed by atoms with Crippen LogP contribution in [-0.2, 0) is 14.3 Å². The summed E-state index contributed by atoms with van der Waals surface area (Å²) in [6, 6.07) is 0. The minimum atomic E-state index is -0.915. The summed E-state index contributed by atoms with van der Waals surface area (Å²) in [5, 5.41) is 9.05. The fraction of sp³-hybridized carbons (Fsp3) is 0.886. The van der Waals surface area contributed by atoms with Gasteiger partial charge >= 0.3 is 11.9 Å². The minimum Gasteiger partial charge on any atom is -0.481 e. The summed E-state index contributed by atoms with van der Waals surface area (Å²) in [6.07, 6.45) is 38.1. The van der Waals surface area contributed by atoms with Gasteiger partial charge in [-0.3, -0.25) is 9.59 Å². The summed E-state index contributed by atoms with van der Waals surface area (Å²) in [5.41, 5.74) is 0. The molecule has 39 heavy (non-hydrogen) atoms. The van der Waals surface area contributed by atoms with Crippen LogP contribution in [0, 0.1) is 5.92 Å². The molecule has 0 bridgehead atoms. The predicted octanol–water partition coefficient (Wildman–Crippen LogP) is 11.4. The van der Waals surface area contributed by atoms with Gasteiger partial charge in [-0.15, -0.1) is 0 Å². The average molecular weight is 551 g/mol. The molecule has 1 unspecified atom stereocenters. The van der Waals surface area contributed by atoms with Crippen LogP contribution in [0.1, 0.15) is 187 Å². The second-order valence-corrected chi connectivity index (χ2v) is 11.7. The molecule has 0 aromatic heterocycles. The van der Waals surface area contributed by atoms with E-state index in [2.05, 4.69) is 19.1 Å². The number of esters is 1. The molecule has 4 heteroatoms. The quantitative estimate of drug-likeness (QED) is 0.0529. The monoisotopic (exact) mass is 550 g/mol. The SMILES string of the molecule is CCC/C=C/CCCCCCCCCCCCCCCCCCCCCCCC(CC(=O)O)C(=O)OCCC. The first-order valence-electron chi connectivity index (χ1n) is 17.1. The van der Waals surface area contributed by atoms with Gasteiger partial charge < -0.3 is 9.84 Å². The van der Waals surface area contributed by atoms with Crippen LogP contribution < -0.4 is 0 Å². The Balaban J connectivity index is 3.31. The molecule has 0 saturated heterocycles. The van der Waals surface area contributed by atoms with Crippen LogP contribution in [0.25, 0.3) is 0 Å². The van der Waals surface area contributed by atoms with Crippen LogP contribution in [0.5, 0.6) is 0 Å². The van der Waals surface area contributed by atoms with Crippen molar-refractivity contribution in [2.45, 2.75) is 187 Å². The zero-order valence-electron chi connectivity index (χ0n) is 26.2. The van der Waals surface area contributed by atoms with Crippen molar-refractivity contribution in [3.8, 4) is 0 Å². The lowest BCUT2D eigenvalue weighted by Crippen LogP contribution is -2.21. The predicted molar refractivity (Wildman–Crippen MR) is 167 cm³/mol. The van der Waals surface area contributed by atoms with Gasteiger partial charge in [-0.05, 0) is 32.1 Å². The molecule has 0 radical (unpaired) electrons. The number of carbonyl (C=O) groups excluding carboxylic acids is 1. The van der Waals surface area contributed by atoms with Crippen LogP contribution in [-0.4, -0.2) is 23.7 Å². The normalized spacial score (nSPS) is 12.3. The van der Waals surface area contributed by atoms with Gasteiger partial charge in [-0.25, -0.2) is 0 Å². The number of carbonyl (C=O) groups is 2. The maximum absolute atomic E-state index is 12.0. The van der Waals surface area contributed by atoms with Crippen molar-refractivity contribution in [1.29, 1.82) is 0 Å². The maximum Gasteiger partial charge on any atom is 0.309 e. The summed E-state index contributed by atoms with van der Waals surface area (Å²) in [5.74, 6) is -1.74. The minimum absolute atomic E-state index is 0.111. The first-order chi connectivity index (χ1) is 19.1. The van der Waals surface area contributed by atoms with Gasteiger partial charge in [-0.2, -0.15) is 0 Å². The van der Waals surface area contributed by atoms with E-state index in [-0.39, 0.29) is 12.4 Å². The standard InChI is InChI=1S/C35H66O4/c1-3-5-6-7-8-9-10-11-12-13-14-15-16-17-18-19-20-21-22-23-24-25-26-27-28-29-30-33(32-34(36)37)35(38)39-31-4-2/h6-7,33H,3-5,8-32H2,1-2H3,(H,36,37)/b7-6+. The van der Waals surface area contributed by atoms with Crippen LogP contribution in [0.4, 0.5) is 0 Å². The van der Waals surface area contributed by atoms with Gasteiger partial charge in [0.2, 0.25) is 0 Å². The fourth-order valence-electron chi connectivity index (χ4n) is 5.25. The fourth-order valence-corrected chi connectivity index (χ4v) is 5.25. The molecule has 0 saturated carbocycles. The summed E-state index contributed by atoms with van der Waals surface area (Å²) in [7, 11) is 0. The molecule has 0 aromatic carbocycles. The highest BCUT2D eigenvalue weighted by atomic mass is 16.5. The van der Waals surface area contributed by atoms with E-state index in [1.165, 1.54) is 141 Å².